The van der Waals surface area contributed by atoms with Crippen molar-refractivity contribution in [1.29, 1.82) is 0 Å². The third-order valence-corrected chi connectivity index (χ3v) is 5.42. The molecule has 2 aromatic carbocycles. The number of hydrogen-bond acceptors (Lipinski definition) is 3. The van der Waals surface area contributed by atoms with Crippen molar-refractivity contribution in [3.05, 3.63) is 48.5 Å². The van der Waals surface area contributed by atoms with E-state index in [1.165, 1.54) is 21.8 Å². The van der Waals surface area contributed by atoms with Crippen LogP contribution in [0.3, 0.4) is 0 Å². The van der Waals surface area contributed by atoms with E-state index in [0.29, 0.717) is 13.0 Å². The Bertz CT molecular complexity index is 880. The Hall–Kier alpha value is -2.37. The van der Waals surface area contributed by atoms with Gasteiger partial charge in [0.1, 0.15) is 0 Å². The number of aromatic nitrogens is 1. The van der Waals surface area contributed by atoms with Crippen LogP contribution in [0.2, 0.25) is 0 Å². The summed E-state index contributed by atoms with van der Waals surface area (Å²) in [5.41, 5.74) is 2.47. The molecule has 2 heterocycles. The van der Waals surface area contributed by atoms with Gasteiger partial charge in [0.25, 0.3) is 0 Å². The van der Waals surface area contributed by atoms with E-state index < -0.39 is 12.1 Å². The van der Waals surface area contributed by atoms with E-state index in [4.69, 9.17) is 5.11 Å². The van der Waals surface area contributed by atoms with Crippen LogP contribution in [0.15, 0.2) is 48.5 Å². The van der Waals surface area contributed by atoms with Gasteiger partial charge in [-0.2, -0.15) is 0 Å². The molecule has 4 rings (SSSR count). The quantitative estimate of drug-likeness (QED) is 0.715. The molecule has 5 heteroatoms. The number of fused-ring (bicyclic) bond motifs is 3. The standard InChI is InChI=1S/C21H24N2O3/c24-16-12-15(13-21(25)26)22(14-16)10-5-11-23-19-8-3-1-6-17(19)18-7-2-4-9-20(18)23/h1-4,6-9,15-16,24H,5,10-14H2,(H,25,26)/t15-,16+/m0/s1. The average Bonchev–Trinajstić information content (AvgIpc) is 3.13. The van der Waals surface area contributed by atoms with Gasteiger partial charge in [0.15, 0.2) is 0 Å². The highest BCUT2D eigenvalue weighted by atomic mass is 16.4. The lowest BCUT2D eigenvalue weighted by Gasteiger charge is -2.23. The van der Waals surface area contributed by atoms with Crippen LogP contribution in [0.1, 0.15) is 19.3 Å². The molecule has 0 amide bonds. The number of para-hydroxylation sites is 2. The largest absolute Gasteiger partial charge is 0.481 e. The zero-order valence-corrected chi connectivity index (χ0v) is 14.7. The van der Waals surface area contributed by atoms with E-state index in [9.17, 15) is 9.90 Å². The monoisotopic (exact) mass is 352 g/mol. The van der Waals surface area contributed by atoms with Crippen molar-refractivity contribution in [3.8, 4) is 0 Å². The maximum absolute atomic E-state index is 11.0. The molecule has 1 aliphatic heterocycles. The molecule has 0 unspecified atom stereocenters. The molecular formula is C21H24N2O3. The summed E-state index contributed by atoms with van der Waals surface area (Å²) in [5.74, 6) is -0.795. The molecule has 26 heavy (non-hydrogen) atoms. The Morgan fingerprint density at radius 3 is 2.23 bits per heavy atom. The van der Waals surface area contributed by atoms with Gasteiger partial charge in [-0.25, -0.2) is 0 Å². The van der Waals surface area contributed by atoms with Gasteiger partial charge in [-0.15, -0.1) is 0 Å². The summed E-state index contributed by atoms with van der Waals surface area (Å²) in [5, 5.41) is 21.5. The van der Waals surface area contributed by atoms with Crippen LogP contribution < -0.4 is 0 Å². The molecule has 1 aromatic heterocycles. The molecule has 3 aromatic rings. The molecule has 1 saturated heterocycles. The maximum atomic E-state index is 11.0. The van der Waals surface area contributed by atoms with Crippen LogP contribution >= 0.6 is 0 Å². The summed E-state index contributed by atoms with van der Waals surface area (Å²) >= 11 is 0. The first-order valence-corrected chi connectivity index (χ1v) is 9.23. The summed E-state index contributed by atoms with van der Waals surface area (Å²) in [7, 11) is 0. The highest BCUT2D eigenvalue weighted by Crippen LogP contribution is 2.29. The number of rotatable bonds is 6. The first-order chi connectivity index (χ1) is 12.6. The predicted octanol–water partition coefficient (Wildman–Crippen LogP) is 3.09. The van der Waals surface area contributed by atoms with E-state index in [0.717, 1.165) is 19.5 Å². The van der Waals surface area contributed by atoms with Gasteiger partial charge in [-0.3, -0.25) is 9.69 Å². The van der Waals surface area contributed by atoms with Gasteiger partial charge in [-0.1, -0.05) is 36.4 Å². The van der Waals surface area contributed by atoms with Crippen molar-refractivity contribution in [2.75, 3.05) is 13.1 Å². The molecule has 0 aliphatic carbocycles. The third kappa shape index (κ3) is 3.20. The highest BCUT2D eigenvalue weighted by molar-refractivity contribution is 6.07. The predicted molar refractivity (Wildman–Crippen MR) is 102 cm³/mol. The number of carboxylic acids is 1. The molecule has 136 valence electrons. The fourth-order valence-corrected chi connectivity index (χ4v) is 4.32. The Morgan fingerprint density at radius 1 is 1.00 bits per heavy atom. The number of aryl methyl sites for hydroxylation is 1. The van der Waals surface area contributed by atoms with Gasteiger partial charge < -0.3 is 14.8 Å². The van der Waals surface area contributed by atoms with Crippen LogP contribution in [0, 0.1) is 0 Å². The van der Waals surface area contributed by atoms with Gasteiger partial charge in [-0.05, 0) is 25.0 Å². The summed E-state index contributed by atoms with van der Waals surface area (Å²) in [6.45, 7) is 2.25. The summed E-state index contributed by atoms with van der Waals surface area (Å²) in [6.07, 6.45) is 1.17. The number of β-amino-alcohol motifs (C(OH)–C–C–N with tert-alkyl or cyclic N) is 1. The molecule has 0 bridgehead atoms. The molecule has 0 saturated carbocycles. The van der Waals surface area contributed by atoms with Gasteiger partial charge in [0.2, 0.25) is 0 Å². The second kappa shape index (κ2) is 7.09. The first kappa shape index (κ1) is 17.1. The summed E-state index contributed by atoms with van der Waals surface area (Å²) in [6, 6.07) is 16.9. The van der Waals surface area contributed by atoms with Gasteiger partial charge in [0, 0.05) is 47.5 Å². The van der Waals surface area contributed by atoms with Crippen molar-refractivity contribution in [1.82, 2.24) is 9.47 Å². The van der Waals surface area contributed by atoms with E-state index >= 15 is 0 Å². The van der Waals surface area contributed by atoms with Crippen molar-refractivity contribution < 1.29 is 15.0 Å². The Labute approximate surface area is 152 Å². The molecule has 0 radical (unpaired) electrons. The Morgan fingerprint density at radius 2 is 1.62 bits per heavy atom. The van der Waals surface area contributed by atoms with Crippen molar-refractivity contribution >= 4 is 27.8 Å². The first-order valence-electron chi connectivity index (χ1n) is 9.23. The van der Waals surface area contributed by atoms with E-state index in [1.54, 1.807) is 0 Å². The van der Waals surface area contributed by atoms with Crippen LogP contribution in [-0.4, -0.2) is 50.9 Å². The number of hydrogen-bond donors (Lipinski definition) is 2. The number of aliphatic hydroxyl groups excluding tert-OH is 1. The molecule has 5 nitrogen and oxygen atoms in total. The average molecular weight is 352 g/mol. The van der Waals surface area contributed by atoms with Crippen molar-refractivity contribution in [2.24, 2.45) is 0 Å². The lowest BCUT2D eigenvalue weighted by Crippen LogP contribution is -2.33. The molecule has 2 N–H and O–H groups in total. The van der Waals surface area contributed by atoms with E-state index in [2.05, 4.69) is 58.0 Å². The molecule has 1 aliphatic rings. The number of benzene rings is 2. The smallest absolute Gasteiger partial charge is 0.304 e. The highest BCUT2D eigenvalue weighted by Gasteiger charge is 2.31. The van der Waals surface area contributed by atoms with Crippen LogP contribution in [0.5, 0.6) is 0 Å². The van der Waals surface area contributed by atoms with E-state index in [1.807, 2.05) is 0 Å². The Balaban J connectivity index is 1.52. The molecular weight excluding hydrogens is 328 g/mol. The third-order valence-electron chi connectivity index (χ3n) is 5.42. The topological polar surface area (TPSA) is 65.7 Å². The minimum Gasteiger partial charge on any atom is -0.481 e. The van der Waals surface area contributed by atoms with Crippen molar-refractivity contribution in [3.63, 3.8) is 0 Å². The summed E-state index contributed by atoms with van der Waals surface area (Å²) in [4.78, 5) is 13.2. The second-order valence-corrected chi connectivity index (χ2v) is 7.18. The SMILES string of the molecule is O=C(O)C[C@@H]1C[C@@H](O)CN1CCCn1c2ccccc2c2ccccc21. The minimum atomic E-state index is -0.795. The molecule has 0 spiro atoms. The van der Waals surface area contributed by atoms with Crippen LogP contribution in [-0.2, 0) is 11.3 Å². The molecule has 1 fully saturated rings. The van der Waals surface area contributed by atoms with Gasteiger partial charge in [0.05, 0.1) is 12.5 Å². The lowest BCUT2D eigenvalue weighted by molar-refractivity contribution is -0.138. The number of aliphatic hydroxyl groups is 1. The normalized spacial score (nSPS) is 21.0. The zero-order chi connectivity index (χ0) is 18.1. The van der Waals surface area contributed by atoms with Crippen molar-refractivity contribution in [2.45, 2.75) is 38.0 Å². The Kier molecular flexibility index (Phi) is 4.66. The number of aliphatic carboxylic acids is 1. The van der Waals surface area contributed by atoms with Gasteiger partial charge >= 0.3 is 5.97 Å². The number of nitrogens with zero attached hydrogens (tertiary/aromatic N) is 2. The number of carbonyl (C=O) groups is 1. The fraction of sp³-hybridized carbons (Fsp3) is 0.381. The number of carboxylic acid groups (broad SMARTS) is 1. The minimum absolute atomic E-state index is 0.0550. The summed E-state index contributed by atoms with van der Waals surface area (Å²) < 4.78 is 2.35. The number of likely N-dealkylation sites (tertiary alicyclic amines) is 1. The van der Waals surface area contributed by atoms with Crippen LogP contribution in [0.4, 0.5) is 0 Å². The lowest BCUT2D eigenvalue weighted by atomic mass is 10.1. The molecule has 2 atom stereocenters. The van der Waals surface area contributed by atoms with E-state index in [-0.39, 0.29) is 12.5 Å². The maximum Gasteiger partial charge on any atom is 0.304 e. The fourth-order valence-electron chi connectivity index (χ4n) is 4.32. The van der Waals surface area contributed by atoms with Crippen LogP contribution in [0.25, 0.3) is 21.8 Å². The zero-order valence-electron chi connectivity index (χ0n) is 14.7. The second-order valence-electron chi connectivity index (χ2n) is 7.18.